The minimum Gasteiger partial charge on any atom is -0.481 e. The van der Waals surface area contributed by atoms with Crippen LogP contribution >= 0.6 is 11.3 Å². The van der Waals surface area contributed by atoms with Crippen molar-refractivity contribution in [3.8, 4) is 0 Å². The van der Waals surface area contributed by atoms with Gasteiger partial charge in [0.05, 0.1) is 5.41 Å². The molecule has 1 atom stereocenters. The fourth-order valence-corrected chi connectivity index (χ4v) is 3.22. The number of nitrogens with zero attached hydrogens (tertiary/aromatic N) is 1. The molecule has 1 aliphatic heterocycles. The number of hydrogen-bond acceptors (Lipinski definition) is 3. The number of urea groups is 1. The molecule has 2 amide bonds. The monoisotopic (exact) mass is 296 g/mol. The smallest absolute Gasteiger partial charge is 0.317 e. The van der Waals surface area contributed by atoms with Crippen LogP contribution in [0.4, 0.5) is 4.79 Å². The van der Waals surface area contributed by atoms with Gasteiger partial charge in [-0.2, -0.15) is 11.3 Å². The van der Waals surface area contributed by atoms with Crippen LogP contribution in [-0.2, 0) is 11.2 Å². The summed E-state index contributed by atoms with van der Waals surface area (Å²) < 4.78 is 0. The van der Waals surface area contributed by atoms with Crippen LogP contribution in [0.5, 0.6) is 0 Å². The van der Waals surface area contributed by atoms with Gasteiger partial charge in [0.1, 0.15) is 0 Å². The first-order chi connectivity index (χ1) is 9.57. The Morgan fingerprint density at radius 3 is 2.90 bits per heavy atom. The van der Waals surface area contributed by atoms with Crippen LogP contribution < -0.4 is 5.32 Å². The molecule has 20 heavy (non-hydrogen) atoms. The Morgan fingerprint density at radius 2 is 2.35 bits per heavy atom. The zero-order valence-electron chi connectivity index (χ0n) is 11.6. The van der Waals surface area contributed by atoms with Gasteiger partial charge in [-0.05, 0) is 41.7 Å². The summed E-state index contributed by atoms with van der Waals surface area (Å²) in [6, 6.07) is 1.89. The van der Waals surface area contributed by atoms with E-state index < -0.39 is 11.4 Å². The van der Waals surface area contributed by atoms with Crippen LogP contribution in [0.25, 0.3) is 0 Å². The Bertz CT molecular complexity index is 475. The average Bonchev–Trinajstić information content (AvgIpc) is 3.08. The van der Waals surface area contributed by atoms with Crippen molar-refractivity contribution >= 4 is 23.3 Å². The number of carboxylic acid groups (broad SMARTS) is 1. The first-order valence-electron chi connectivity index (χ1n) is 6.84. The molecule has 1 aromatic rings. The van der Waals surface area contributed by atoms with Crippen LogP contribution in [0.3, 0.4) is 0 Å². The summed E-state index contributed by atoms with van der Waals surface area (Å²) in [6.45, 7) is 3.28. The molecule has 2 heterocycles. The van der Waals surface area contributed by atoms with Crippen LogP contribution in [0.2, 0.25) is 0 Å². The predicted molar refractivity (Wildman–Crippen MR) is 78.0 cm³/mol. The molecule has 2 rings (SSSR count). The van der Waals surface area contributed by atoms with E-state index >= 15 is 0 Å². The predicted octanol–water partition coefficient (Wildman–Crippen LogP) is 2.19. The molecule has 5 nitrogen and oxygen atoms in total. The molecule has 110 valence electrons. The Morgan fingerprint density at radius 1 is 1.55 bits per heavy atom. The first-order valence-corrected chi connectivity index (χ1v) is 7.79. The van der Waals surface area contributed by atoms with Gasteiger partial charge in [0.2, 0.25) is 0 Å². The second-order valence-corrected chi connectivity index (χ2v) is 6.00. The average molecular weight is 296 g/mol. The fourth-order valence-electron chi connectivity index (χ4n) is 2.52. The number of nitrogens with one attached hydrogen (secondary N) is 1. The van der Waals surface area contributed by atoms with E-state index in [0.717, 1.165) is 6.42 Å². The van der Waals surface area contributed by atoms with Gasteiger partial charge in [0.25, 0.3) is 0 Å². The molecular weight excluding hydrogens is 276 g/mol. The third-order valence-electron chi connectivity index (χ3n) is 4.04. The highest BCUT2D eigenvalue weighted by Gasteiger charge is 2.44. The Balaban J connectivity index is 1.80. The number of carbonyl (C=O) groups is 2. The van der Waals surface area contributed by atoms with Gasteiger partial charge in [-0.1, -0.05) is 6.92 Å². The zero-order chi connectivity index (χ0) is 14.6. The molecule has 0 aliphatic carbocycles. The largest absolute Gasteiger partial charge is 0.481 e. The lowest BCUT2D eigenvalue weighted by atomic mass is 9.84. The number of hydrogen-bond donors (Lipinski definition) is 2. The molecule has 1 fully saturated rings. The van der Waals surface area contributed by atoms with E-state index in [0.29, 0.717) is 32.5 Å². The third kappa shape index (κ3) is 3.12. The second-order valence-electron chi connectivity index (χ2n) is 5.22. The van der Waals surface area contributed by atoms with Gasteiger partial charge in [-0.3, -0.25) is 4.79 Å². The summed E-state index contributed by atoms with van der Waals surface area (Å²) in [5, 5.41) is 16.2. The van der Waals surface area contributed by atoms with Crippen LogP contribution in [0.15, 0.2) is 16.8 Å². The normalized spacial score (nSPS) is 21.9. The highest BCUT2D eigenvalue weighted by molar-refractivity contribution is 7.07. The van der Waals surface area contributed by atoms with Gasteiger partial charge in [0.15, 0.2) is 0 Å². The molecule has 2 N–H and O–H groups in total. The Kier molecular flexibility index (Phi) is 4.65. The topological polar surface area (TPSA) is 69.6 Å². The second kappa shape index (κ2) is 6.26. The maximum absolute atomic E-state index is 12.0. The number of carbonyl (C=O) groups excluding carboxylic acids is 1. The van der Waals surface area contributed by atoms with Gasteiger partial charge >= 0.3 is 12.0 Å². The Labute approximate surface area is 122 Å². The molecule has 0 saturated carbocycles. The number of thiophene rings is 1. The van der Waals surface area contributed by atoms with Crippen LogP contribution in [0, 0.1) is 5.41 Å². The van der Waals surface area contributed by atoms with E-state index in [2.05, 4.69) is 10.7 Å². The van der Waals surface area contributed by atoms with Gasteiger partial charge < -0.3 is 15.3 Å². The van der Waals surface area contributed by atoms with Gasteiger partial charge in [0, 0.05) is 19.6 Å². The number of amides is 2. The minimum absolute atomic E-state index is 0.156. The molecule has 1 unspecified atom stereocenters. The van der Waals surface area contributed by atoms with Gasteiger partial charge in [-0.15, -0.1) is 0 Å². The van der Waals surface area contributed by atoms with E-state index in [1.807, 2.05) is 18.4 Å². The fraction of sp³-hybridized carbons (Fsp3) is 0.571. The van der Waals surface area contributed by atoms with Gasteiger partial charge in [-0.25, -0.2) is 4.79 Å². The number of carboxylic acids is 1. The maximum Gasteiger partial charge on any atom is 0.317 e. The molecule has 1 aliphatic rings. The zero-order valence-corrected chi connectivity index (χ0v) is 12.4. The van der Waals surface area contributed by atoms with Crippen LogP contribution in [-0.4, -0.2) is 41.6 Å². The maximum atomic E-state index is 12.0. The molecule has 0 radical (unpaired) electrons. The Hall–Kier alpha value is -1.56. The molecule has 0 aromatic carbocycles. The van der Waals surface area contributed by atoms with E-state index in [-0.39, 0.29) is 6.03 Å². The number of aliphatic carboxylic acids is 1. The van der Waals surface area contributed by atoms with Crippen molar-refractivity contribution in [1.29, 1.82) is 0 Å². The lowest BCUT2D eigenvalue weighted by molar-refractivity contribution is -0.148. The molecular formula is C14H20N2O3S. The van der Waals surface area contributed by atoms with E-state index in [1.165, 1.54) is 5.56 Å². The number of likely N-dealkylation sites (tertiary alicyclic amines) is 1. The highest BCUT2D eigenvalue weighted by Crippen LogP contribution is 2.34. The van der Waals surface area contributed by atoms with E-state index in [4.69, 9.17) is 0 Å². The number of rotatable bonds is 5. The van der Waals surface area contributed by atoms with Crippen molar-refractivity contribution in [2.24, 2.45) is 5.41 Å². The summed E-state index contributed by atoms with van der Waals surface area (Å²) in [4.78, 5) is 25.0. The summed E-state index contributed by atoms with van der Waals surface area (Å²) in [5.41, 5.74) is 0.454. The SMILES string of the molecule is CCC1(C(=O)O)CCN(C(=O)NCCc2ccsc2)C1. The van der Waals surface area contributed by atoms with Crippen molar-refractivity contribution in [2.45, 2.75) is 26.2 Å². The van der Waals surface area contributed by atoms with Crippen molar-refractivity contribution in [3.05, 3.63) is 22.4 Å². The van der Waals surface area contributed by atoms with Crippen molar-refractivity contribution in [2.75, 3.05) is 19.6 Å². The summed E-state index contributed by atoms with van der Waals surface area (Å²) >= 11 is 1.64. The minimum atomic E-state index is -0.798. The summed E-state index contributed by atoms with van der Waals surface area (Å²) in [6.07, 6.45) is 1.90. The van der Waals surface area contributed by atoms with Crippen molar-refractivity contribution < 1.29 is 14.7 Å². The molecule has 1 saturated heterocycles. The first kappa shape index (κ1) is 14.8. The lowest BCUT2D eigenvalue weighted by Crippen LogP contribution is -2.42. The molecule has 1 aromatic heterocycles. The highest BCUT2D eigenvalue weighted by atomic mass is 32.1. The molecule has 0 spiro atoms. The van der Waals surface area contributed by atoms with Crippen LogP contribution in [0.1, 0.15) is 25.3 Å². The van der Waals surface area contributed by atoms with Crippen molar-refractivity contribution in [1.82, 2.24) is 10.2 Å². The standard InChI is InChI=1S/C14H20N2O3S/c1-2-14(12(17)18)5-7-16(10-14)13(19)15-6-3-11-4-8-20-9-11/h4,8-9H,2-3,5-7,10H2,1H3,(H,15,19)(H,17,18). The quantitative estimate of drug-likeness (QED) is 0.875. The third-order valence-corrected chi connectivity index (χ3v) is 4.77. The van der Waals surface area contributed by atoms with Crippen molar-refractivity contribution in [3.63, 3.8) is 0 Å². The molecule has 0 bridgehead atoms. The lowest BCUT2D eigenvalue weighted by Gasteiger charge is -2.23. The summed E-state index contributed by atoms with van der Waals surface area (Å²) in [5.74, 6) is -0.798. The molecule has 6 heteroatoms. The van der Waals surface area contributed by atoms with E-state index in [9.17, 15) is 14.7 Å². The van der Waals surface area contributed by atoms with E-state index in [1.54, 1.807) is 16.2 Å². The summed E-state index contributed by atoms with van der Waals surface area (Å²) in [7, 11) is 0.